The van der Waals surface area contributed by atoms with Gasteiger partial charge in [-0.2, -0.15) is 4.98 Å². The molecule has 1 fully saturated rings. The molecule has 1 aromatic rings. The molecule has 17 heavy (non-hydrogen) atoms. The van der Waals surface area contributed by atoms with Gasteiger partial charge in [-0.3, -0.25) is 4.57 Å². The summed E-state index contributed by atoms with van der Waals surface area (Å²) in [4.78, 5) is 15.3. The minimum absolute atomic E-state index is 0.238. The Bertz CT molecular complexity index is 449. The van der Waals surface area contributed by atoms with Crippen LogP contribution in [0.15, 0.2) is 17.1 Å². The van der Waals surface area contributed by atoms with Crippen LogP contribution in [0.1, 0.15) is 12.6 Å². The summed E-state index contributed by atoms with van der Waals surface area (Å²) in [6.45, 7) is -0.289. The van der Waals surface area contributed by atoms with Crippen LogP contribution in [0.5, 0.6) is 0 Å². The van der Waals surface area contributed by atoms with Gasteiger partial charge in [-0.25, -0.2) is 10.6 Å². The van der Waals surface area contributed by atoms with Crippen LogP contribution in [-0.4, -0.2) is 38.6 Å². The van der Waals surface area contributed by atoms with Gasteiger partial charge in [0.15, 0.2) is 0 Å². The molecule has 0 amide bonds. The first kappa shape index (κ1) is 12.0. The number of aliphatic hydroxyl groups is 2. The van der Waals surface area contributed by atoms with E-state index in [1.54, 1.807) is 0 Å². The van der Waals surface area contributed by atoms with Crippen molar-refractivity contribution in [2.75, 3.05) is 12.0 Å². The minimum atomic E-state index is -0.788. The van der Waals surface area contributed by atoms with Crippen LogP contribution in [0.3, 0.4) is 0 Å². The summed E-state index contributed by atoms with van der Waals surface area (Å²) in [7, 11) is 0. The molecule has 1 aromatic heterocycles. The van der Waals surface area contributed by atoms with Crippen LogP contribution >= 0.6 is 0 Å². The quantitative estimate of drug-likeness (QED) is 0.363. The molecule has 0 spiro atoms. The van der Waals surface area contributed by atoms with Crippen molar-refractivity contribution < 1.29 is 14.9 Å². The number of nitrogen functional groups attached to an aromatic ring is 1. The molecule has 94 valence electrons. The normalized spacial score (nSPS) is 28.3. The number of anilines is 1. The summed E-state index contributed by atoms with van der Waals surface area (Å²) in [6.07, 6.45) is -0.360. The van der Waals surface area contributed by atoms with E-state index in [0.717, 1.165) is 0 Å². The lowest BCUT2D eigenvalue weighted by molar-refractivity contribution is -0.0458. The average molecular weight is 242 g/mol. The largest absolute Gasteiger partial charge is 0.394 e. The molecule has 2 heterocycles. The third-order valence-electron chi connectivity index (χ3n) is 2.67. The maximum atomic E-state index is 11.6. The standard InChI is InChI=1S/C9H14N4O4/c10-12-7-1-2-13(9(16)11-7)8-3-5(15)6(4-14)17-8/h1-2,5-6,8,14-15H,3-4,10H2,(H,11,12,16)/t5-,6+,8-/m0/s1. The van der Waals surface area contributed by atoms with Gasteiger partial charge in [0.25, 0.3) is 0 Å². The third-order valence-corrected chi connectivity index (χ3v) is 2.67. The van der Waals surface area contributed by atoms with E-state index in [-0.39, 0.29) is 18.8 Å². The Hall–Kier alpha value is -1.48. The Morgan fingerprint density at radius 3 is 3.00 bits per heavy atom. The highest BCUT2D eigenvalue weighted by Gasteiger charge is 2.34. The lowest BCUT2D eigenvalue weighted by Crippen LogP contribution is -2.28. The first-order chi connectivity index (χ1) is 8.15. The summed E-state index contributed by atoms with van der Waals surface area (Å²) in [5.41, 5.74) is 1.73. The highest BCUT2D eigenvalue weighted by molar-refractivity contribution is 5.29. The molecular weight excluding hydrogens is 228 g/mol. The number of hydrogen-bond donors (Lipinski definition) is 4. The molecule has 3 atom stereocenters. The predicted octanol–water partition coefficient (Wildman–Crippen LogP) is -1.83. The molecule has 8 heteroatoms. The van der Waals surface area contributed by atoms with Gasteiger partial charge < -0.3 is 20.4 Å². The van der Waals surface area contributed by atoms with Crippen LogP contribution < -0.4 is 17.0 Å². The van der Waals surface area contributed by atoms with Crippen molar-refractivity contribution in [2.45, 2.75) is 24.9 Å². The third kappa shape index (κ3) is 2.29. The number of aliphatic hydroxyl groups excluding tert-OH is 2. The number of aromatic nitrogens is 2. The smallest absolute Gasteiger partial charge is 0.351 e. The predicted molar refractivity (Wildman–Crippen MR) is 57.9 cm³/mol. The lowest BCUT2D eigenvalue weighted by Gasteiger charge is -2.14. The molecule has 5 N–H and O–H groups in total. The van der Waals surface area contributed by atoms with Crippen molar-refractivity contribution in [3.8, 4) is 0 Å². The van der Waals surface area contributed by atoms with Crippen molar-refractivity contribution in [3.63, 3.8) is 0 Å². The first-order valence-electron chi connectivity index (χ1n) is 5.16. The molecule has 0 bridgehead atoms. The maximum Gasteiger partial charge on any atom is 0.351 e. The fourth-order valence-corrected chi connectivity index (χ4v) is 1.76. The average Bonchev–Trinajstić information content (AvgIpc) is 2.70. The number of hydrogen-bond acceptors (Lipinski definition) is 7. The van der Waals surface area contributed by atoms with E-state index in [1.165, 1.54) is 16.8 Å². The van der Waals surface area contributed by atoms with E-state index in [9.17, 15) is 9.90 Å². The molecule has 1 aliphatic rings. The monoisotopic (exact) mass is 242 g/mol. The molecule has 1 aliphatic heterocycles. The number of rotatable bonds is 3. The van der Waals surface area contributed by atoms with Gasteiger partial charge in [0, 0.05) is 12.6 Å². The zero-order chi connectivity index (χ0) is 12.4. The van der Waals surface area contributed by atoms with E-state index < -0.39 is 24.1 Å². The minimum Gasteiger partial charge on any atom is -0.394 e. The number of hydrazine groups is 1. The summed E-state index contributed by atoms with van der Waals surface area (Å²) in [5, 5.41) is 18.5. The van der Waals surface area contributed by atoms with Gasteiger partial charge in [0.05, 0.1) is 12.7 Å². The molecule has 1 saturated heterocycles. The van der Waals surface area contributed by atoms with Gasteiger partial charge in [0.1, 0.15) is 18.1 Å². The highest BCUT2D eigenvalue weighted by Crippen LogP contribution is 2.27. The van der Waals surface area contributed by atoms with E-state index in [4.69, 9.17) is 15.7 Å². The number of ether oxygens (including phenoxy) is 1. The molecule has 8 nitrogen and oxygen atoms in total. The number of nitrogens with one attached hydrogen (secondary N) is 1. The first-order valence-corrected chi connectivity index (χ1v) is 5.16. The van der Waals surface area contributed by atoms with Gasteiger partial charge in [-0.05, 0) is 6.07 Å². The second-order valence-corrected chi connectivity index (χ2v) is 3.76. The number of nitrogens with two attached hydrogens (primary N) is 1. The van der Waals surface area contributed by atoms with E-state index in [2.05, 4.69) is 10.4 Å². The molecule has 0 saturated carbocycles. The van der Waals surface area contributed by atoms with Crippen LogP contribution in [0.25, 0.3) is 0 Å². The Morgan fingerprint density at radius 2 is 2.47 bits per heavy atom. The zero-order valence-corrected chi connectivity index (χ0v) is 8.98. The van der Waals surface area contributed by atoms with Gasteiger partial charge in [-0.15, -0.1) is 0 Å². The van der Waals surface area contributed by atoms with Crippen LogP contribution in [0.2, 0.25) is 0 Å². The summed E-state index contributed by atoms with van der Waals surface area (Å²) in [6, 6.07) is 1.52. The Morgan fingerprint density at radius 1 is 1.71 bits per heavy atom. The van der Waals surface area contributed by atoms with Crippen LogP contribution in [0.4, 0.5) is 5.82 Å². The summed E-state index contributed by atoms with van der Waals surface area (Å²) < 4.78 is 6.58. The van der Waals surface area contributed by atoms with Crippen molar-refractivity contribution in [1.29, 1.82) is 0 Å². The van der Waals surface area contributed by atoms with Crippen molar-refractivity contribution in [2.24, 2.45) is 5.84 Å². The van der Waals surface area contributed by atoms with Crippen molar-refractivity contribution in [1.82, 2.24) is 9.55 Å². The van der Waals surface area contributed by atoms with Gasteiger partial charge in [-0.1, -0.05) is 0 Å². The fraction of sp³-hybridized carbons (Fsp3) is 0.556. The van der Waals surface area contributed by atoms with E-state index in [1.807, 2.05) is 0 Å². The molecule has 0 unspecified atom stereocenters. The number of nitrogens with zero attached hydrogens (tertiary/aromatic N) is 2. The molecule has 0 aliphatic carbocycles. The Kier molecular flexibility index (Phi) is 3.38. The van der Waals surface area contributed by atoms with Gasteiger partial charge in [0.2, 0.25) is 0 Å². The Balaban J connectivity index is 2.22. The van der Waals surface area contributed by atoms with E-state index >= 15 is 0 Å². The van der Waals surface area contributed by atoms with Gasteiger partial charge >= 0.3 is 5.69 Å². The molecule has 2 rings (SSSR count). The topological polar surface area (TPSA) is 123 Å². The van der Waals surface area contributed by atoms with E-state index in [0.29, 0.717) is 0 Å². The van der Waals surface area contributed by atoms with Crippen molar-refractivity contribution >= 4 is 5.82 Å². The van der Waals surface area contributed by atoms with Crippen LogP contribution in [-0.2, 0) is 4.74 Å². The SMILES string of the molecule is NNc1ccn([C@@H]2C[C@H](O)[C@@H](CO)O2)c(=O)n1. The zero-order valence-electron chi connectivity index (χ0n) is 8.98. The van der Waals surface area contributed by atoms with Crippen LogP contribution in [0, 0.1) is 0 Å². The second-order valence-electron chi connectivity index (χ2n) is 3.76. The molecule has 0 aromatic carbocycles. The summed E-state index contributed by atoms with van der Waals surface area (Å²) >= 11 is 0. The highest BCUT2D eigenvalue weighted by atomic mass is 16.5. The maximum absolute atomic E-state index is 11.6. The summed E-state index contributed by atoms with van der Waals surface area (Å²) in [5.74, 6) is 5.38. The lowest BCUT2D eigenvalue weighted by atomic mass is 10.2. The second kappa shape index (κ2) is 4.80. The fourth-order valence-electron chi connectivity index (χ4n) is 1.76. The molecular formula is C9H14N4O4. The Labute approximate surface area is 96.6 Å². The molecule has 0 radical (unpaired) electrons. The van der Waals surface area contributed by atoms with Crippen molar-refractivity contribution in [3.05, 3.63) is 22.7 Å².